The van der Waals surface area contributed by atoms with E-state index < -0.39 is 17.1 Å². The minimum absolute atomic E-state index is 0.0801. The molecular formula is C18H14ClF3N4OS2. The molecular weight excluding hydrogens is 445 g/mol. The molecule has 0 spiro atoms. The van der Waals surface area contributed by atoms with Gasteiger partial charge in [0.15, 0.2) is 0 Å². The zero-order chi connectivity index (χ0) is 21.2. The smallest absolute Gasteiger partial charge is 0.265 e. The standard InChI is InChI=1S/C18H14ClF3N4OS2/c1-3-28-13-8-11(10-4-6-12(19)7-5-10)9-23-14(13)15(27)24-17-26(2)25-16(29-17)18(20,21)22/h4-9H,3H2,1-2H3. The fourth-order valence-electron chi connectivity index (χ4n) is 2.37. The van der Waals surface area contributed by atoms with Gasteiger partial charge in [-0.3, -0.25) is 4.79 Å². The molecule has 0 N–H and O–H groups in total. The van der Waals surface area contributed by atoms with Crippen LogP contribution in [0.25, 0.3) is 11.1 Å². The molecule has 0 unspecified atom stereocenters. The van der Waals surface area contributed by atoms with Crippen LogP contribution in [0.2, 0.25) is 5.02 Å². The number of aromatic nitrogens is 3. The predicted molar refractivity (Wildman–Crippen MR) is 107 cm³/mol. The van der Waals surface area contributed by atoms with E-state index in [-0.39, 0.29) is 10.5 Å². The van der Waals surface area contributed by atoms with Crippen LogP contribution in [0.3, 0.4) is 0 Å². The van der Waals surface area contributed by atoms with Gasteiger partial charge in [-0.1, -0.05) is 42.0 Å². The summed E-state index contributed by atoms with van der Waals surface area (Å²) in [6, 6.07) is 8.98. The Labute approximate surface area is 177 Å². The second-order valence-electron chi connectivity index (χ2n) is 5.74. The van der Waals surface area contributed by atoms with Crippen LogP contribution < -0.4 is 4.80 Å². The molecule has 0 saturated carbocycles. The number of rotatable bonds is 4. The summed E-state index contributed by atoms with van der Waals surface area (Å²) in [5, 5.41) is 2.91. The third-order valence-electron chi connectivity index (χ3n) is 3.68. The normalized spacial score (nSPS) is 12.4. The van der Waals surface area contributed by atoms with E-state index in [2.05, 4.69) is 15.1 Å². The van der Waals surface area contributed by atoms with Crippen molar-refractivity contribution in [2.75, 3.05) is 5.75 Å². The number of halogens is 4. The number of aryl methyl sites for hydroxylation is 1. The summed E-state index contributed by atoms with van der Waals surface area (Å²) in [6.07, 6.45) is -3.07. The van der Waals surface area contributed by atoms with Gasteiger partial charge in [0.1, 0.15) is 5.69 Å². The van der Waals surface area contributed by atoms with Gasteiger partial charge in [-0.25, -0.2) is 9.67 Å². The van der Waals surface area contributed by atoms with Gasteiger partial charge < -0.3 is 0 Å². The molecule has 29 heavy (non-hydrogen) atoms. The lowest BCUT2D eigenvalue weighted by atomic mass is 10.1. The molecule has 0 aliphatic heterocycles. The molecule has 152 valence electrons. The highest BCUT2D eigenvalue weighted by Crippen LogP contribution is 2.30. The van der Waals surface area contributed by atoms with E-state index in [1.54, 1.807) is 18.2 Å². The van der Waals surface area contributed by atoms with Crippen molar-refractivity contribution < 1.29 is 18.0 Å². The van der Waals surface area contributed by atoms with Gasteiger partial charge in [0, 0.05) is 28.7 Å². The van der Waals surface area contributed by atoms with Crippen molar-refractivity contribution in [3.63, 3.8) is 0 Å². The molecule has 0 fully saturated rings. The van der Waals surface area contributed by atoms with E-state index in [4.69, 9.17) is 11.6 Å². The summed E-state index contributed by atoms with van der Waals surface area (Å²) in [5.74, 6) is -0.0462. The maximum absolute atomic E-state index is 12.8. The zero-order valence-electron chi connectivity index (χ0n) is 15.2. The number of alkyl halides is 3. The van der Waals surface area contributed by atoms with Crippen molar-refractivity contribution in [3.05, 3.63) is 57.1 Å². The third kappa shape index (κ3) is 5.06. The van der Waals surface area contributed by atoms with Crippen molar-refractivity contribution in [1.82, 2.24) is 14.8 Å². The van der Waals surface area contributed by atoms with E-state index in [1.165, 1.54) is 25.0 Å². The molecule has 1 aromatic carbocycles. The van der Waals surface area contributed by atoms with Gasteiger partial charge in [0.25, 0.3) is 5.91 Å². The van der Waals surface area contributed by atoms with Crippen LogP contribution in [0.1, 0.15) is 22.4 Å². The summed E-state index contributed by atoms with van der Waals surface area (Å²) in [7, 11) is 1.30. The van der Waals surface area contributed by atoms with Gasteiger partial charge in [0.2, 0.25) is 9.81 Å². The molecule has 11 heteroatoms. The molecule has 0 bridgehead atoms. The summed E-state index contributed by atoms with van der Waals surface area (Å²) < 4.78 is 39.4. The van der Waals surface area contributed by atoms with E-state index in [0.717, 1.165) is 15.8 Å². The second-order valence-corrected chi connectivity index (χ2v) is 8.44. The van der Waals surface area contributed by atoms with Crippen LogP contribution in [0.4, 0.5) is 13.2 Å². The number of hydrogen-bond donors (Lipinski definition) is 0. The van der Waals surface area contributed by atoms with Crippen LogP contribution in [-0.4, -0.2) is 26.4 Å². The predicted octanol–water partition coefficient (Wildman–Crippen LogP) is 5.07. The molecule has 2 aromatic heterocycles. The van der Waals surface area contributed by atoms with Crippen molar-refractivity contribution in [3.8, 4) is 11.1 Å². The Hall–Kier alpha value is -2.17. The number of nitrogens with zero attached hydrogens (tertiary/aromatic N) is 4. The van der Waals surface area contributed by atoms with Crippen LogP contribution in [-0.2, 0) is 13.2 Å². The average Bonchev–Trinajstić information content (AvgIpc) is 3.03. The first kappa shape index (κ1) is 21.5. The lowest BCUT2D eigenvalue weighted by molar-refractivity contribution is -0.138. The Morgan fingerprint density at radius 2 is 1.97 bits per heavy atom. The molecule has 2 heterocycles. The Bertz CT molecular complexity index is 1110. The number of carbonyl (C=O) groups is 1. The van der Waals surface area contributed by atoms with Crippen molar-refractivity contribution in [2.45, 2.75) is 18.0 Å². The topological polar surface area (TPSA) is 60.1 Å². The Balaban J connectivity index is 2.00. The monoisotopic (exact) mass is 458 g/mol. The summed E-state index contributed by atoms with van der Waals surface area (Å²) >= 11 is 7.61. The number of pyridine rings is 1. The number of amides is 1. The number of benzene rings is 1. The molecule has 0 saturated heterocycles. The fraction of sp³-hybridized carbons (Fsp3) is 0.222. The van der Waals surface area contributed by atoms with Gasteiger partial charge in [-0.2, -0.15) is 23.3 Å². The average molecular weight is 459 g/mol. The van der Waals surface area contributed by atoms with E-state index in [1.807, 2.05) is 19.1 Å². The van der Waals surface area contributed by atoms with Gasteiger partial charge in [-0.05, 0) is 29.5 Å². The van der Waals surface area contributed by atoms with Gasteiger partial charge in [-0.15, -0.1) is 11.8 Å². The lowest BCUT2D eigenvalue weighted by Crippen LogP contribution is -2.15. The Morgan fingerprint density at radius 3 is 2.55 bits per heavy atom. The minimum Gasteiger partial charge on any atom is -0.265 e. The molecule has 0 aliphatic carbocycles. The minimum atomic E-state index is -4.60. The van der Waals surface area contributed by atoms with Crippen molar-refractivity contribution in [1.29, 1.82) is 0 Å². The molecule has 0 atom stereocenters. The van der Waals surface area contributed by atoms with Crippen LogP contribution in [0, 0.1) is 0 Å². The van der Waals surface area contributed by atoms with E-state index >= 15 is 0 Å². The maximum Gasteiger partial charge on any atom is 0.445 e. The number of carbonyl (C=O) groups excluding carboxylic acids is 1. The SMILES string of the molecule is CCSc1cc(-c2ccc(Cl)cc2)cnc1C(=O)N=c1sc(C(F)(F)F)nn1C. The fourth-order valence-corrected chi connectivity index (χ4v) is 4.05. The van der Waals surface area contributed by atoms with E-state index in [9.17, 15) is 18.0 Å². The highest BCUT2D eigenvalue weighted by atomic mass is 35.5. The lowest BCUT2D eigenvalue weighted by Gasteiger charge is -2.08. The molecule has 3 aromatic rings. The largest absolute Gasteiger partial charge is 0.445 e. The van der Waals surface area contributed by atoms with Crippen LogP contribution in [0.15, 0.2) is 46.4 Å². The number of thioether (sulfide) groups is 1. The van der Waals surface area contributed by atoms with Crippen molar-refractivity contribution >= 4 is 40.6 Å². The molecule has 1 amide bonds. The highest BCUT2D eigenvalue weighted by molar-refractivity contribution is 7.99. The first-order valence-electron chi connectivity index (χ1n) is 8.28. The first-order valence-corrected chi connectivity index (χ1v) is 10.5. The summed E-state index contributed by atoms with van der Waals surface area (Å²) in [4.78, 5) is 21.1. The van der Waals surface area contributed by atoms with E-state index in [0.29, 0.717) is 27.0 Å². The quantitative estimate of drug-likeness (QED) is 0.512. The zero-order valence-corrected chi connectivity index (χ0v) is 17.6. The maximum atomic E-state index is 12.8. The van der Waals surface area contributed by atoms with Gasteiger partial charge >= 0.3 is 6.18 Å². The summed E-state index contributed by atoms with van der Waals surface area (Å²) in [6.45, 7) is 1.92. The molecule has 3 rings (SSSR count). The third-order valence-corrected chi connectivity index (χ3v) is 5.89. The van der Waals surface area contributed by atoms with Crippen LogP contribution >= 0.6 is 34.7 Å². The van der Waals surface area contributed by atoms with Gasteiger partial charge in [0.05, 0.1) is 0 Å². The molecule has 5 nitrogen and oxygen atoms in total. The first-order chi connectivity index (χ1) is 13.7. The Morgan fingerprint density at radius 1 is 1.28 bits per heavy atom. The second kappa shape index (κ2) is 8.68. The highest BCUT2D eigenvalue weighted by Gasteiger charge is 2.35. The Kier molecular flexibility index (Phi) is 6.45. The van der Waals surface area contributed by atoms with Crippen LogP contribution in [0.5, 0.6) is 0 Å². The molecule has 0 aliphatic rings. The molecule has 0 radical (unpaired) electrons. The van der Waals surface area contributed by atoms with Crippen molar-refractivity contribution in [2.24, 2.45) is 12.0 Å². The number of hydrogen-bond acceptors (Lipinski definition) is 5. The summed E-state index contributed by atoms with van der Waals surface area (Å²) in [5.41, 5.74) is 1.74.